The molecule has 1 radical (unpaired) electrons. The van der Waals surface area contributed by atoms with Crippen molar-refractivity contribution in [2.45, 2.75) is 38.7 Å². The molecule has 0 atom stereocenters. The Labute approximate surface area is 240 Å². The van der Waals surface area contributed by atoms with Gasteiger partial charge in [-0.3, -0.25) is 0 Å². The zero-order valence-electron chi connectivity index (χ0n) is 21.2. The van der Waals surface area contributed by atoms with Crippen LogP contribution in [0.2, 0.25) is 0 Å². The number of aromatic nitrogens is 8. The number of halogens is 6. The Kier molecular flexibility index (Phi) is 20.4. The predicted molar refractivity (Wildman–Crippen MR) is 125 cm³/mol. The summed E-state index contributed by atoms with van der Waals surface area (Å²) in [6.07, 6.45) is 13.8. The molecule has 0 spiro atoms. The van der Waals surface area contributed by atoms with Crippen LogP contribution in [0, 0.1) is 27.7 Å². The Morgan fingerprint density at radius 3 is 0.707 bits per heavy atom. The Hall–Kier alpha value is -3.24. The number of alkyl halides is 6. The normalized spacial score (nSPS) is 10.6. The van der Waals surface area contributed by atoms with Gasteiger partial charge in [-0.15, -0.1) is 0 Å². The van der Waals surface area contributed by atoms with E-state index < -0.39 is 31.3 Å². The van der Waals surface area contributed by atoms with Gasteiger partial charge in [-0.1, -0.05) is 0 Å². The summed E-state index contributed by atoms with van der Waals surface area (Å²) in [6, 6.07) is 0. The van der Waals surface area contributed by atoms with Gasteiger partial charge in [-0.2, -0.15) is 26.3 Å². The van der Waals surface area contributed by atoms with Crippen LogP contribution in [0.5, 0.6) is 0 Å². The van der Waals surface area contributed by atoms with Gasteiger partial charge in [-0.25, -0.2) is 36.8 Å². The standard InChI is InChI=1S/4C4H6N2.2CHF3O3S.Cu/c4*1-4-2-5-3-6-4;2*2-1(3,4)8(5,6)7;/h4*2-3H,1H3,(H,5,6);2*(H,5,6,7);/q;;;;;;+2/p-2. The maximum atomic E-state index is 10.7. The van der Waals surface area contributed by atoms with Gasteiger partial charge in [0, 0.05) is 47.6 Å². The van der Waals surface area contributed by atoms with Crippen LogP contribution in [-0.2, 0) is 37.3 Å². The van der Waals surface area contributed by atoms with Crippen LogP contribution in [-0.4, -0.2) is 76.8 Å². The molecule has 0 unspecified atom stereocenters. The molecular formula is C18H24CuF6N8O6S2. The predicted octanol–water partition coefficient (Wildman–Crippen LogP) is 2.97. The van der Waals surface area contributed by atoms with Gasteiger partial charge in [0.15, 0.2) is 20.2 Å². The Bertz CT molecular complexity index is 1180. The van der Waals surface area contributed by atoms with E-state index in [2.05, 4.69) is 39.9 Å². The molecule has 0 aromatic carbocycles. The van der Waals surface area contributed by atoms with E-state index in [-0.39, 0.29) is 17.1 Å². The summed E-state index contributed by atoms with van der Waals surface area (Å²) in [5, 5.41) is 0. The third-order valence-electron chi connectivity index (χ3n) is 3.11. The summed E-state index contributed by atoms with van der Waals surface area (Å²) in [4.78, 5) is 26.6. The van der Waals surface area contributed by atoms with E-state index in [1.165, 1.54) is 0 Å². The molecule has 0 amide bonds. The zero-order valence-corrected chi connectivity index (χ0v) is 23.8. The molecule has 4 aromatic heterocycles. The maximum absolute atomic E-state index is 10.7. The van der Waals surface area contributed by atoms with Gasteiger partial charge < -0.3 is 29.0 Å². The van der Waals surface area contributed by atoms with Crippen LogP contribution in [0.1, 0.15) is 22.8 Å². The molecule has 0 aliphatic carbocycles. The SMILES string of the molecule is Cc1cnc[nH]1.Cc1cnc[nH]1.Cc1cnc[nH]1.Cc1cnc[nH]1.O=S(=O)([O-])C(F)(F)F.O=S(=O)([O-])C(F)(F)F.[Cu+2]. The van der Waals surface area contributed by atoms with Gasteiger partial charge in [0.25, 0.3) is 0 Å². The minimum atomic E-state index is -6.09. The Morgan fingerprint density at radius 2 is 0.683 bits per heavy atom. The molecule has 14 nitrogen and oxygen atoms in total. The number of nitrogens with zero attached hydrogens (tertiary/aromatic N) is 4. The number of imidazole rings is 4. The van der Waals surface area contributed by atoms with Crippen molar-refractivity contribution in [1.82, 2.24) is 39.9 Å². The molecule has 4 rings (SSSR count). The Balaban J connectivity index is -0.000000422. The summed E-state index contributed by atoms with van der Waals surface area (Å²) in [5.41, 5.74) is -6.87. The molecule has 4 heterocycles. The third kappa shape index (κ3) is 24.3. The van der Waals surface area contributed by atoms with Crippen LogP contribution < -0.4 is 0 Å². The molecule has 0 saturated heterocycles. The average Bonchev–Trinajstić information content (AvgIpc) is 3.59. The van der Waals surface area contributed by atoms with Crippen LogP contribution in [0.3, 0.4) is 0 Å². The molecular weight excluding hydrogens is 666 g/mol. The van der Waals surface area contributed by atoms with Gasteiger partial charge in [0.1, 0.15) is 0 Å². The second kappa shape index (κ2) is 19.8. The van der Waals surface area contributed by atoms with E-state index in [1.54, 1.807) is 50.1 Å². The van der Waals surface area contributed by atoms with Gasteiger partial charge in [0.2, 0.25) is 0 Å². The van der Waals surface area contributed by atoms with Crippen molar-refractivity contribution >= 4 is 20.2 Å². The second-order valence-corrected chi connectivity index (χ2v) is 9.48. The molecule has 237 valence electrons. The van der Waals surface area contributed by atoms with E-state index in [0.29, 0.717) is 0 Å². The molecule has 4 N–H and O–H groups in total. The first kappa shape index (κ1) is 42.2. The van der Waals surface area contributed by atoms with E-state index in [9.17, 15) is 26.3 Å². The number of rotatable bonds is 0. The average molecular weight is 690 g/mol. The maximum Gasteiger partial charge on any atom is 2.00 e. The van der Waals surface area contributed by atoms with Crippen molar-refractivity contribution < 1.29 is 69.4 Å². The van der Waals surface area contributed by atoms with Gasteiger partial charge >= 0.3 is 28.1 Å². The summed E-state index contributed by atoms with van der Waals surface area (Å²) < 4.78 is 118. The van der Waals surface area contributed by atoms with Crippen molar-refractivity contribution in [1.29, 1.82) is 0 Å². The molecule has 0 aliphatic rings. The van der Waals surface area contributed by atoms with Crippen molar-refractivity contribution in [3.63, 3.8) is 0 Å². The van der Waals surface area contributed by atoms with Crippen LogP contribution >= 0.6 is 0 Å². The van der Waals surface area contributed by atoms with Crippen LogP contribution in [0.4, 0.5) is 26.3 Å². The topological polar surface area (TPSA) is 229 Å². The molecule has 4 aromatic rings. The molecule has 0 saturated carbocycles. The van der Waals surface area contributed by atoms with Crippen molar-refractivity contribution in [2.75, 3.05) is 0 Å². The number of aromatic amines is 4. The minimum absolute atomic E-state index is 0. The first-order valence-electron chi connectivity index (χ1n) is 9.92. The van der Waals surface area contributed by atoms with E-state index in [0.717, 1.165) is 22.8 Å². The van der Waals surface area contributed by atoms with E-state index >= 15 is 0 Å². The summed E-state index contributed by atoms with van der Waals surface area (Å²) in [6.45, 7) is 7.86. The number of hydrogen-bond donors (Lipinski definition) is 4. The van der Waals surface area contributed by atoms with Crippen molar-refractivity contribution in [3.05, 3.63) is 72.9 Å². The number of aryl methyl sites for hydroxylation is 4. The smallest absolute Gasteiger partial charge is 0.741 e. The fraction of sp³-hybridized carbons (Fsp3) is 0.333. The van der Waals surface area contributed by atoms with E-state index in [1.807, 2.05) is 27.7 Å². The van der Waals surface area contributed by atoms with Gasteiger partial charge in [-0.05, 0) is 27.7 Å². The van der Waals surface area contributed by atoms with Gasteiger partial charge in [0.05, 0.1) is 25.3 Å². The first-order chi connectivity index (χ1) is 18.1. The number of hydrogen-bond acceptors (Lipinski definition) is 10. The van der Waals surface area contributed by atoms with Crippen molar-refractivity contribution in [2.24, 2.45) is 0 Å². The zero-order chi connectivity index (χ0) is 31.6. The van der Waals surface area contributed by atoms with Crippen molar-refractivity contribution in [3.8, 4) is 0 Å². The monoisotopic (exact) mass is 689 g/mol. The quantitative estimate of drug-likeness (QED) is 0.0913. The fourth-order valence-corrected chi connectivity index (χ4v) is 1.30. The third-order valence-corrected chi connectivity index (χ3v) is 4.24. The first-order valence-corrected chi connectivity index (χ1v) is 12.7. The van der Waals surface area contributed by atoms with Crippen LogP contribution in [0.15, 0.2) is 50.1 Å². The number of H-pyrrole nitrogens is 4. The Morgan fingerprint density at radius 1 is 0.537 bits per heavy atom. The molecule has 23 heteroatoms. The molecule has 41 heavy (non-hydrogen) atoms. The summed E-state index contributed by atoms with van der Waals surface area (Å²) >= 11 is 0. The van der Waals surface area contributed by atoms with E-state index in [4.69, 9.17) is 25.9 Å². The molecule has 0 bridgehead atoms. The summed E-state index contributed by atoms with van der Waals surface area (Å²) in [5.74, 6) is 0. The summed E-state index contributed by atoms with van der Waals surface area (Å²) in [7, 11) is -12.2. The molecule has 0 fully saturated rings. The number of nitrogens with one attached hydrogen (secondary N) is 4. The largest absolute Gasteiger partial charge is 2.00 e. The van der Waals surface area contributed by atoms with Crippen LogP contribution in [0.25, 0.3) is 0 Å². The minimum Gasteiger partial charge on any atom is -0.741 e. The molecule has 0 aliphatic heterocycles. The fourth-order valence-electron chi connectivity index (χ4n) is 1.30. The second-order valence-electron chi connectivity index (χ2n) is 6.74.